The summed E-state index contributed by atoms with van der Waals surface area (Å²) in [5.41, 5.74) is 0.718. The van der Waals surface area contributed by atoms with Gasteiger partial charge in [-0.3, -0.25) is 0 Å². The molecule has 0 fully saturated rings. The lowest BCUT2D eigenvalue weighted by Crippen LogP contribution is -2.15. The highest BCUT2D eigenvalue weighted by Gasteiger charge is 2.28. The van der Waals surface area contributed by atoms with Gasteiger partial charge in [0.1, 0.15) is 6.10 Å². The number of fused-ring (bicyclic) bond motifs is 1. The first kappa shape index (κ1) is 28.0. The van der Waals surface area contributed by atoms with Crippen LogP contribution in [-0.2, 0) is 23.8 Å². The van der Waals surface area contributed by atoms with Crippen molar-refractivity contribution >= 4 is 23.9 Å². The number of hydrogen-bond donors (Lipinski definition) is 5. The van der Waals surface area contributed by atoms with Gasteiger partial charge in [-0.15, -0.1) is 0 Å². The average molecular weight is 444 g/mol. The Labute approximate surface area is 176 Å². The molecule has 0 unspecified atom stereocenters. The van der Waals surface area contributed by atoms with Gasteiger partial charge in [0.15, 0.2) is 0 Å². The van der Waals surface area contributed by atoms with E-state index in [1.807, 2.05) is 0 Å². The summed E-state index contributed by atoms with van der Waals surface area (Å²) >= 11 is 0. The van der Waals surface area contributed by atoms with Crippen LogP contribution in [0.2, 0.25) is 0 Å². The van der Waals surface area contributed by atoms with Crippen molar-refractivity contribution in [3.8, 4) is 0 Å². The number of hydrogen-bond acceptors (Lipinski definition) is 12. The Hall–Kier alpha value is -3.00. The Kier molecular flexibility index (Phi) is 15.1. The fraction of sp³-hybridized carbons (Fsp3) is 0.368. The van der Waals surface area contributed by atoms with Crippen LogP contribution in [0.15, 0.2) is 36.4 Å². The molecule has 0 saturated carbocycles. The molecule has 0 atom stereocenters. The van der Waals surface area contributed by atoms with Crippen LogP contribution >= 0.6 is 0 Å². The third-order valence-electron chi connectivity index (χ3n) is 3.00. The highest BCUT2D eigenvalue weighted by molar-refractivity contribution is 6.14. The van der Waals surface area contributed by atoms with Crippen molar-refractivity contribution in [3.05, 3.63) is 47.5 Å². The molecule has 0 amide bonds. The molecular formula is C19H24O12. The van der Waals surface area contributed by atoms with Gasteiger partial charge in [0, 0.05) is 12.2 Å². The Morgan fingerprint density at radius 3 is 1.42 bits per heavy atom. The largest absolute Gasteiger partial charge is 0.394 e. The number of aliphatic hydroxyl groups is 5. The molecule has 2 heterocycles. The number of rotatable bonds is 6. The molecule has 1 aromatic rings. The zero-order valence-corrected chi connectivity index (χ0v) is 16.4. The number of ether oxygens (including phenoxy) is 3. The Morgan fingerprint density at radius 1 is 0.742 bits per heavy atom. The first-order valence-corrected chi connectivity index (χ1v) is 8.79. The van der Waals surface area contributed by atoms with Crippen molar-refractivity contribution in [3.63, 3.8) is 0 Å². The second-order valence-electron chi connectivity index (χ2n) is 5.37. The van der Waals surface area contributed by atoms with E-state index in [1.165, 1.54) is 0 Å². The average Bonchev–Trinajstić information content (AvgIpc) is 3.30. The van der Waals surface area contributed by atoms with Crippen molar-refractivity contribution in [2.24, 2.45) is 0 Å². The van der Waals surface area contributed by atoms with Gasteiger partial charge < -0.3 is 39.7 Å². The van der Waals surface area contributed by atoms with E-state index in [0.717, 1.165) is 12.2 Å². The van der Waals surface area contributed by atoms with Crippen LogP contribution in [0.3, 0.4) is 0 Å². The number of carbonyl (C=O) groups is 4. The predicted molar refractivity (Wildman–Crippen MR) is 102 cm³/mol. The van der Waals surface area contributed by atoms with Gasteiger partial charge >= 0.3 is 23.9 Å². The van der Waals surface area contributed by atoms with E-state index in [9.17, 15) is 19.2 Å². The number of cyclic esters (lactones) is 4. The molecule has 0 aliphatic carbocycles. The number of benzene rings is 1. The third-order valence-corrected chi connectivity index (χ3v) is 3.00. The molecule has 2 aliphatic rings. The lowest BCUT2D eigenvalue weighted by atomic mass is 10.1. The second kappa shape index (κ2) is 16.8. The van der Waals surface area contributed by atoms with Gasteiger partial charge in [0.25, 0.3) is 0 Å². The minimum Gasteiger partial charge on any atom is -0.394 e. The van der Waals surface area contributed by atoms with Crippen LogP contribution < -0.4 is 0 Å². The molecule has 0 spiro atoms. The maximum absolute atomic E-state index is 10.8. The topological polar surface area (TPSA) is 197 Å². The lowest BCUT2D eigenvalue weighted by Gasteiger charge is -1.96. The number of carbonyl (C=O) groups excluding carboxylic acids is 4. The van der Waals surface area contributed by atoms with E-state index in [1.54, 1.807) is 24.3 Å². The van der Waals surface area contributed by atoms with Gasteiger partial charge in [-0.25, -0.2) is 19.2 Å². The van der Waals surface area contributed by atoms with Gasteiger partial charge in [-0.2, -0.15) is 0 Å². The molecule has 3 rings (SSSR count). The molecule has 0 radical (unpaired) electrons. The summed E-state index contributed by atoms with van der Waals surface area (Å²) in [7, 11) is 0. The summed E-state index contributed by atoms with van der Waals surface area (Å²) in [6, 6.07) is 6.53. The van der Waals surface area contributed by atoms with E-state index in [4.69, 9.17) is 25.5 Å². The van der Waals surface area contributed by atoms with Gasteiger partial charge in [0.2, 0.25) is 0 Å². The minimum atomic E-state index is -0.954. The van der Waals surface area contributed by atoms with E-state index >= 15 is 0 Å². The minimum absolute atomic E-state index is 0.0278. The van der Waals surface area contributed by atoms with Crippen LogP contribution in [0.25, 0.3) is 0 Å². The molecule has 172 valence electrons. The molecular weight excluding hydrogens is 420 g/mol. The smallest absolute Gasteiger partial charge is 0.346 e. The number of aliphatic hydroxyl groups excluding tert-OH is 5. The van der Waals surface area contributed by atoms with Gasteiger partial charge in [0.05, 0.1) is 50.8 Å². The molecule has 31 heavy (non-hydrogen) atoms. The van der Waals surface area contributed by atoms with Gasteiger partial charge in [-0.05, 0) is 12.1 Å². The summed E-state index contributed by atoms with van der Waals surface area (Å²) in [5.74, 6) is -2.26. The fourth-order valence-corrected chi connectivity index (χ4v) is 1.63. The molecule has 1 aromatic carbocycles. The highest BCUT2D eigenvalue weighted by Crippen LogP contribution is 2.18. The van der Waals surface area contributed by atoms with Crippen LogP contribution in [-0.4, -0.2) is 95.2 Å². The SMILES string of the molecule is O=C1C=CC(=O)O1.O=C1OC(=O)c2ccccc21.OCC(O)CO.OCCOCCO. The van der Waals surface area contributed by atoms with E-state index in [0.29, 0.717) is 24.3 Å². The van der Waals surface area contributed by atoms with Crippen molar-refractivity contribution in [2.45, 2.75) is 6.10 Å². The predicted octanol–water partition coefficient (Wildman–Crippen LogP) is -2.06. The molecule has 12 heteroatoms. The molecule has 0 saturated heterocycles. The first-order chi connectivity index (χ1) is 14.8. The van der Waals surface area contributed by atoms with Gasteiger partial charge in [-0.1, -0.05) is 12.1 Å². The number of esters is 4. The van der Waals surface area contributed by atoms with E-state index in [-0.39, 0.29) is 26.4 Å². The van der Waals surface area contributed by atoms with Crippen LogP contribution in [0.1, 0.15) is 20.7 Å². The van der Waals surface area contributed by atoms with Crippen LogP contribution in [0.4, 0.5) is 0 Å². The van der Waals surface area contributed by atoms with Crippen LogP contribution in [0, 0.1) is 0 Å². The maximum Gasteiger partial charge on any atom is 0.346 e. The summed E-state index contributed by atoms with van der Waals surface area (Å²) in [4.78, 5) is 41.5. The van der Waals surface area contributed by atoms with E-state index < -0.39 is 30.0 Å². The fourth-order valence-electron chi connectivity index (χ4n) is 1.63. The van der Waals surface area contributed by atoms with Crippen molar-refractivity contribution in [2.75, 3.05) is 39.6 Å². The van der Waals surface area contributed by atoms with Crippen molar-refractivity contribution in [1.29, 1.82) is 0 Å². The second-order valence-corrected chi connectivity index (χ2v) is 5.37. The first-order valence-electron chi connectivity index (χ1n) is 8.79. The lowest BCUT2D eigenvalue weighted by molar-refractivity contribution is -0.150. The Morgan fingerprint density at radius 2 is 1.16 bits per heavy atom. The zero-order valence-electron chi connectivity index (χ0n) is 16.4. The summed E-state index contributed by atoms with van der Waals surface area (Å²) < 4.78 is 13.0. The molecule has 2 aliphatic heterocycles. The standard InChI is InChI=1S/C8H4O3.C4H2O3.C4H10O3.C3H8O3/c9-7-5-3-1-2-4-6(5)8(10)11-7;5-3-1-2-4(6)7-3;5-1-3-7-4-2-6;4-1-3(6)2-5/h1-4H;1-2H;5-6H,1-4H2;3-6H,1-2H2. The highest BCUT2D eigenvalue weighted by atomic mass is 16.6. The van der Waals surface area contributed by atoms with Crippen LogP contribution in [0.5, 0.6) is 0 Å². The molecule has 5 N–H and O–H groups in total. The monoisotopic (exact) mass is 444 g/mol. The molecule has 12 nitrogen and oxygen atoms in total. The molecule has 0 aromatic heterocycles. The zero-order chi connectivity index (χ0) is 23.6. The summed E-state index contributed by atoms with van der Waals surface area (Å²) in [5, 5.41) is 40.2. The van der Waals surface area contributed by atoms with E-state index in [2.05, 4.69) is 14.2 Å². The summed E-state index contributed by atoms with van der Waals surface area (Å²) in [6.07, 6.45) is 1.22. The summed E-state index contributed by atoms with van der Waals surface area (Å²) in [6.45, 7) is -0.0336. The normalized spacial score (nSPS) is 13.2. The quantitative estimate of drug-likeness (QED) is 0.183. The Bertz CT molecular complexity index is 686. The maximum atomic E-state index is 10.8. The van der Waals surface area contributed by atoms with Crippen molar-refractivity contribution in [1.82, 2.24) is 0 Å². The Balaban J connectivity index is 0.000000402. The molecule has 0 bridgehead atoms. The third kappa shape index (κ3) is 12.3. The van der Waals surface area contributed by atoms with Crippen molar-refractivity contribution < 1.29 is 58.9 Å².